The molecule has 0 saturated heterocycles. The van der Waals surface area contributed by atoms with E-state index in [4.69, 9.17) is 0 Å². The molecule has 0 unspecified atom stereocenters. The second-order valence-corrected chi connectivity index (χ2v) is 4.43. The van der Waals surface area contributed by atoms with Crippen LogP contribution in [0.15, 0.2) is 12.3 Å². The second kappa shape index (κ2) is 9.88. The quantitative estimate of drug-likeness (QED) is 0.312. The Labute approximate surface area is 72.3 Å². The van der Waals surface area contributed by atoms with Gasteiger partial charge in [-0.25, -0.2) is 0 Å². The average molecular weight is 172 g/mol. The Kier molecular flexibility index (Phi) is 9.77. The lowest BCUT2D eigenvalue weighted by Crippen LogP contribution is -2.29. The Morgan fingerprint density at radius 2 is 2.27 bits per heavy atom. The van der Waals surface area contributed by atoms with Gasteiger partial charge in [0.2, 0.25) is 0 Å². The minimum absolute atomic E-state index is 0.0857. The van der Waals surface area contributed by atoms with Gasteiger partial charge in [0, 0.05) is 16.2 Å². The first-order valence-corrected chi connectivity index (χ1v) is 6.25. The summed E-state index contributed by atoms with van der Waals surface area (Å²) in [5.41, 5.74) is 2.12. The molecule has 0 atom stereocenters. The number of hydrogen-bond acceptors (Lipinski definition) is 2. The fourth-order valence-corrected chi connectivity index (χ4v) is 1.67. The summed E-state index contributed by atoms with van der Waals surface area (Å²) in [5, 5.41) is 6.54. The van der Waals surface area contributed by atoms with Crippen molar-refractivity contribution in [1.29, 1.82) is 0 Å². The molecule has 0 spiro atoms. The third kappa shape index (κ3) is 9.88. The van der Waals surface area contributed by atoms with E-state index in [2.05, 4.69) is 29.8 Å². The molecule has 0 saturated carbocycles. The van der Waals surface area contributed by atoms with Crippen molar-refractivity contribution in [1.82, 2.24) is 10.6 Å². The van der Waals surface area contributed by atoms with E-state index in [0.29, 0.717) is 0 Å². The molecule has 0 aliphatic carbocycles. The highest BCUT2D eigenvalue weighted by Crippen LogP contribution is 1.85. The molecule has 11 heavy (non-hydrogen) atoms. The smallest absolute Gasteiger partial charge is 0.0454 e. The van der Waals surface area contributed by atoms with Gasteiger partial charge in [-0.15, -0.1) is 12.3 Å². The van der Waals surface area contributed by atoms with Crippen molar-refractivity contribution >= 4 is 9.52 Å². The molecule has 0 aliphatic heterocycles. The molecule has 0 radical (unpaired) electrons. The molecule has 0 rings (SSSR count). The van der Waals surface area contributed by atoms with Crippen molar-refractivity contribution in [3.05, 3.63) is 12.3 Å². The lowest BCUT2D eigenvalue weighted by molar-refractivity contribution is 0.593. The van der Waals surface area contributed by atoms with Crippen LogP contribution in [0.5, 0.6) is 0 Å². The monoisotopic (exact) mass is 172 g/mol. The largest absolute Gasteiger partial charge is 0.305 e. The van der Waals surface area contributed by atoms with Crippen LogP contribution in [0, 0.1) is 0 Å². The van der Waals surface area contributed by atoms with E-state index in [1.807, 2.05) is 0 Å². The van der Waals surface area contributed by atoms with E-state index in [1.54, 1.807) is 0 Å². The summed E-state index contributed by atoms with van der Waals surface area (Å²) in [4.78, 5) is 0. The summed E-state index contributed by atoms with van der Waals surface area (Å²) in [6.45, 7) is 9.00. The summed E-state index contributed by atoms with van der Waals surface area (Å²) >= 11 is 0. The van der Waals surface area contributed by atoms with E-state index in [1.165, 1.54) is 12.5 Å². The minimum atomic E-state index is 0.0857. The zero-order valence-electron chi connectivity index (χ0n) is 7.53. The van der Waals surface area contributed by atoms with Crippen LogP contribution in [0.1, 0.15) is 13.3 Å². The van der Waals surface area contributed by atoms with Crippen molar-refractivity contribution < 1.29 is 0 Å². The van der Waals surface area contributed by atoms with Gasteiger partial charge in [-0.3, -0.25) is 0 Å². The van der Waals surface area contributed by atoms with Crippen LogP contribution in [0.4, 0.5) is 0 Å². The zero-order chi connectivity index (χ0) is 8.36. The lowest BCUT2D eigenvalue weighted by Gasteiger charge is -2.03. The molecule has 2 N–H and O–H groups in total. The lowest BCUT2D eigenvalue weighted by atomic mass is 10.5. The molecule has 3 heteroatoms. The Balaban J connectivity index is 2.74. The van der Waals surface area contributed by atoms with Gasteiger partial charge in [-0.05, 0) is 19.5 Å². The van der Waals surface area contributed by atoms with Crippen LogP contribution >= 0.6 is 0 Å². The summed E-state index contributed by atoms with van der Waals surface area (Å²) in [5.74, 6) is 0. The van der Waals surface area contributed by atoms with E-state index >= 15 is 0 Å². The first-order valence-electron chi connectivity index (χ1n) is 4.44. The normalized spacial score (nSPS) is 11.0. The van der Waals surface area contributed by atoms with Gasteiger partial charge in [-0.2, -0.15) is 0 Å². The maximum atomic E-state index is 3.74. The van der Waals surface area contributed by atoms with Crippen LogP contribution in [0.2, 0.25) is 6.04 Å². The second-order valence-electron chi connectivity index (χ2n) is 2.56. The molecule has 2 nitrogen and oxygen atoms in total. The van der Waals surface area contributed by atoms with Gasteiger partial charge < -0.3 is 10.6 Å². The SMILES string of the molecule is C=C[SiH2]CCCNCNCC. The van der Waals surface area contributed by atoms with Crippen molar-refractivity contribution in [2.45, 2.75) is 19.4 Å². The first kappa shape index (κ1) is 10.9. The number of hydrogen-bond donors (Lipinski definition) is 2. The Bertz CT molecular complexity index is 86.2. The van der Waals surface area contributed by atoms with Crippen molar-refractivity contribution in [2.24, 2.45) is 0 Å². The zero-order valence-corrected chi connectivity index (χ0v) is 8.94. The fourth-order valence-electron chi connectivity index (χ4n) is 0.840. The van der Waals surface area contributed by atoms with Crippen molar-refractivity contribution in [3.63, 3.8) is 0 Å². The summed E-state index contributed by atoms with van der Waals surface area (Å²) in [6, 6.07) is 1.39. The van der Waals surface area contributed by atoms with Crippen LogP contribution in [-0.4, -0.2) is 29.3 Å². The summed E-state index contributed by atoms with van der Waals surface area (Å²) < 4.78 is 0. The molecule has 0 aliphatic rings. The maximum absolute atomic E-state index is 3.74. The van der Waals surface area contributed by atoms with Crippen LogP contribution in [0.25, 0.3) is 0 Å². The predicted molar refractivity (Wildman–Crippen MR) is 54.7 cm³/mol. The van der Waals surface area contributed by atoms with E-state index in [9.17, 15) is 0 Å². The molecule has 0 aromatic carbocycles. The van der Waals surface area contributed by atoms with Gasteiger partial charge >= 0.3 is 0 Å². The molecule has 0 heterocycles. The highest BCUT2D eigenvalue weighted by Gasteiger charge is 1.85. The van der Waals surface area contributed by atoms with E-state index in [0.717, 1.165) is 19.8 Å². The highest BCUT2D eigenvalue weighted by molar-refractivity contribution is 6.41. The van der Waals surface area contributed by atoms with Gasteiger partial charge in [0.15, 0.2) is 0 Å². The Morgan fingerprint density at radius 1 is 1.45 bits per heavy atom. The van der Waals surface area contributed by atoms with Gasteiger partial charge in [-0.1, -0.05) is 13.0 Å². The molecule has 0 bridgehead atoms. The van der Waals surface area contributed by atoms with E-state index in [-0.39, 0.29) is 9.52 Å². The summed E-state index contributed by atoms with van der Waals surface area (Å²) in [6.07, 6.45) is 1.31. The minimum Gasteiger partial charge on any atom is -0.305 e. The van der Waals surface area contributed by atoms with Crippen molar-refractivity contribution in [3.8, 4) is 0 Å². The molecule has 0 amide bonds. The van der Waals surface area contributed by atoms with Gasteiger partial charge in [0.1, 0.15) is 0 Å². The summed E-state index contributed by atoms with van der Waals surface area (Å²) in [7, 11) is 0.0857. The van der Waals surface area contributed by atoms with Crippen LogP contribution in [-0.2, 0) is 0 Å². The topological polar surface area (TPSA) is 24.1 Å². The first-order chi connectivity index (χ1) is 5.41. The molecule has 0 fully saturated rings. The van der Waals surface area contributed by atoms with Gasteiger partial charge in [0.05, 0.1) is 0 Å². The maximum Gasteiger partial charge on any atom is 0.0454 e. The molecule has 66 valence electrons. The predicted octanol–water partition coefficient (Wildman–Crippen LogP) is 0.264. The number of rotatable bonds is 8. The molecule has 0 aromatic heterocycles. The van der Waals surface area contributed by atoms with Crippen molar-refractivity contribution in [2.75, 3.05) is 19.8 Å². The average Bonchev–Trinajstić information content (AvgIpc) is 2.03. The third-order valence-electron chi connectivity index (χ3n) is 1.51. The van der Waals surface area contributed by atoms with E-state index < -0.39 is 0 Å². The molecular weight excluding hydrogens is 152 g/mol. The third-order valence-corrected chi connectivity index (χ3v) is 2.83. The number of nitrogens with one attached hydrogen (secondary N) is 2. The highest BCUT2D eigenvalue weighted by atomic mass is 28.2. The standard InChI is InChI=1S/C8H20N2Si/c1-3-9-8-10-6-5-7-11-4-2/h4,9-10H,2-3,5-8,11H2,1H3. The Hall–Kier alpha value is -0.123. The van der Waals surface area contributed by atoms with Gasteiger partial charge in [0.25, 0.3) is 0 Å². The van der Waals surface area contributed by atoms with Crippen LogP contribution in [0.3, 0.4) is 0 Å². The molecular formula is C8H20N2Si. The fraction of sp³-hybridized carbons (Fsp3) is 0.750. The molecule has 0 aromatic rings. The Morgan fingerprint density at radius 3 is 2.91 bits per heavy atom. The van der Waals surface area contributed by atoms with Crippen LogP contribution < -0.4 is 10.6 Å².